The van der Waals surface area contributed by atoms with Gasteiger partial charge in [0.05, 0.1) is 10.7 Å². The molecule has 0 saturated carbocycles. The molecule has 88 valence electrons. The Morgan fingerprint density at radius 3 is 2.59 bits per heavy atom. The fourth-order valence-corrected chi connectivity index (χ4v) is 1.60. The quantitative estimate of drug-likeness (QED) is 0.831. The molecule has 17 heavy (non-hydrogen) atoms. The van der Waals surface area contributed by atoms with Gasteiger partial charge in [0, 0.05) is 17.8 Å². The van der Waals surface area contributed by atoms with Crippen molar-refractivity contribution in [2.75, 3.05) is 5.73 Å². The number of aromatic nitrogens is 2. The molecule has 0 unspecified atom stereocenters. The molecule has 2 rings (SSSR count). The minimum atomic E-state index is 0.463. The number of rotatable bonds is 2. The third kappa shape index (κ3) is 2.85. The molecule has 0 spiro atoms. The summed E-state index contributed by atoms with van der Waals surface area (Å²) in [7, 11) is 0. The lowest BCUT2D eigenvalue weighted by Crippen LogP contribution is -1.95. The molecule has 4 nitrogen and oxygen atoms in total. The lowest BCUT2D eigenvalue weighted by molar-refractivity contribution is 0.459. The van der Waals surface area contributed by atoms with Crippen molar-refractivity contribution >= 4 is 17.3 Å². The van der Waals surface area contributed by atoms with Crippen molar-refractivity contribution in [3.05, 3.63) is 40.8 Å². The molecule has 0 aliphatic carbocycles. The van der Waals surface area contributed by atoms with Gasteiger partial charge < -0.3 is 10.5 Å². The van der Waals surface area contributed by atoms with Crippen molar-refractivity contribution < 1.29 is 4.74 Å². The first-order chi connectivity index (χ1) is 8.04. The number of halogens is 1. The SMILES string of the molecule is Cc1cc(Oc2ccc(N)c(Cl)c2)nc(C)n1. The Bertz CT molecular complexity index is 537. The number of ether oxygens (including phenoxy) is 1. The molecule has 0 radical (unpaired) electrons. The van der Waals surface area contributed by atoms with E-state index in [1.165, 1.54) is 0 Å². The van der Waals surface area contributed by atoms with Crippen LogP contribution in [0.15, 0.2) is 24.3 Å². The van der Waals surface area contributed by atoms with Crippen LogP contribution in [0.2, 0.25) is 5.02 Å². The zero-order valence-electron chi connectivity index (χ0n) is 9.57. The van der Waals surface area contributed by atoms with Gasteiger partial charge >= 0.3 is 0 Å². The van der Waals surface area contributed by atoms with Crippen LogP contribution in [0.4, 0.5) is 5.69 Å². The third-order valence-corrected chi connectivity index (χ3v) is 2.46. The minimum absolute atomic E-state index is 0.463. The van der Waals surface area contributed by atoms with Crippen LogP contribution in [0, 0.1) is 13.8 Å². The van der Waals surface area contributed by atoms with Gasteiger partial charge in [0.1, 0.15) is 11.6 Å². The lowest BCUT2D eigenvalue weighted by atomic mass is 10.3. The summed E-state index contributed by atoms with van der Waals surface area (Å²) in [6, 6.07) is 6.85. The van der Waals surface area contributed by atoms with E-state index in [1.807, 2.05) is 13.8 Å². The highest BCUT2D eigenvalue weighted by Gasteiger charge is 2.04. The number of nitrogens with two attached hydrogens (primary N) is 1. The van der Waals surface area contributed by atoms with E-state index in [2.05, 4.69) is 9.97 Å². The maximum Gasteiger partial charge on any atom is 0.222 e. The van der Waals surface area contributed by atoms with Gasteiger partial charge in [0.2, 0.25) is 5.88 Å². The maximum absolute atomic E-state index is 5.90. The number of benzene rings is 1. The Balaban J connectivity index is 2.28. The van der Waals surface area contributed by atoms with Crippen LogP contribution in [0.3, 0.4) is 0 Å². The average molecular weight is 250 g/mol. The summed E-state index contributed by atoms with van der Waals surface area (Å²) < 4.78 is 5.58. The van der Waals surface area contributed by atoms with E-state index in [0.29, 0.717) is 28.2 Å². The number of aryl methyl sites for hydroxylation is 2. The largest absolute Gasteiger partial charge is 0.439 e. The van der Waals surface area contributed by atoms with E-state index in [1.54, 1.807) is 24.3 Å². The van der Waals surface area contributed by atoms with E-state index >= 15 is 0 Å². The maximum atomic E-state index is 5.90. The fraction of sp³-hybridized carbons (Fsp3) is 0.167. The fourth-order valence-electron chi connectivity index (χ4n) is 1.43. The first-order valence-corrected chi connectivity index (χ1v) is 5.47. The van der Waals surface area contributed by atoms with Gasteiger partial charge in [0.25, 0.3) is 0 Å². The summed E-state index contributed by atoms with van der Waals surface area (Å²) in [6.07, 6.45) is 0. The Morgan fingerprint density at radius 2 is 1.94 bits per heavy atom. The van der Waals surface area contributed by atoms with Gasteiger partial charge in [-0.15, -0.1) is 0 Å². The molecule has 1 heterocycles. The monoisotopic (exact) mass is 249 g/mol. The van der Waals surface area contributed by atoms with Crippen molar-refractivity contribution in [3.8, 4) is 11.6 Å². The summed E-state index contributed by atoms with van der Waals surface area (Å²) in [6.45, 7) is 3.70. The first-order valence-electron chi connectivity index (χ1n) is 5.10. The summed E-state index contributed by atoms with van der Waals surface area (Å²) >= 11 is 5.90. The highest BCUT2D eigenvalue weighted by Crippen LogP contribution is 2.27. The highest BCUT2D eigenvalue weighted by atomic mass is 35.5. The van der Waals surface area contributed by atoms with E-state index in [-0.39, 0.29) is 0 Å². The Labute approximate surface area is 104 Å². The molecule has 0 aliphatic rings. The zero-order chi connectivity index (χ0) is 12.4. The van der Waals surface area contributed by atoms with E-state index in [0.717, 1.165) is 5.69 Å². The van der Waals surface area contributed by atoms with E-state index in [4.69, 9.17) is 22.1 Å². The number of nitrogens with zero attached hydrogens (tertiary/aromatic N) is 2. The van der Waals surface area contributed by atoms with Gasteiger partial charge in [-0.25, -0.2) is 4.98 Å². The van der Waals surface area contributed by atoms with Crippen molar-refractivity contribution in [3.63, 3.8) is 0 Å². The van der Waals surface area contributed by atoms with Gasteiger partial charge in [0.15, 0.2) is 0 Å². The van der Waals surface area contributed by atoms with Crippen LogP contribution in [0.5, 0.6) is 11.6 Å². The predicted molar refractivity (Wildman–Crippen MR) is 67.4 cm³/mol. The smallest absolute Gasteiger partial charge is 0.222 e. The third-order valence-electron chi connectivity index (χ3n) is 2.14. The van der Waals surface area contributed by atoms with Gasteiger partial charge in [-0.1, -0.05) is 11.6 Å². The summed E-state index contributed by atoms with van der Waals surface area (Å²) in [5.74, 6) is 1.76. The highest BCUT2D eigenvalue weighted by molar-refractivity contribution is 6.33. The molecule has 2 N–H and O–H groups in total. The summed E-state index contributed by atoms with van der Waals surface area (Å²) in [5.41, 5.74) is 7.00. The number of hydrogen-bond acceptors (Lipinski definition) is 4. The zero-order valence-corrected chi connectivity index (χ0v) is 10.3. The number of anilines is 1. The van der Waals surface area contributed by atoms with E-state index in [9.17, 15) is 0 Å². The Hall–Kier alpha value is -1.81. The summed E-state index contributed by atoms with van der Waals surface area (Å²) in [5, 5.41) is 0.463. The molecule has 0 amide bonds. The number of nitrogen functional groups attached to an aromatic ring is 1. The van der Waals surface area contributed by atoms with Crippen LogP contribution >= 0.6 is 11.6 Å². The van der Waals surface area contributed by atoms with Crippen LogP contribution in [-0.4, -0.2) is 9.97 Å². The van der Waals surface area contributed by atoms with Gasteiger partial charge in [-0.2, -0.15) is 4.98 Å². The second kappa shape index (κ2) is 4.59. The van der Waals surface area contributed by atoms with Crippen LogP contribution in [0.25, 0.3) is 0 Å². The Morgan fingerprint density at radius 1 is 1.18 bits per heavy atom. The molecule has 5 heteroatoms. The molecule has 0 atom stereocenters. The second-order valence-corrected chi connectivity index (χ2v) is 4.09. The normalized spacial score (nSPS) is 10.3. The van der Waals surface area contributed by atoms with Crippen LogP contribution in [-0.2, 0) is 0 Å². The Kier molecular flexibility index (Phi) is 3.15. The lowest BCUT2D eigenvalue weighted by Gasteiger charge is -2.07. The molecule has 0 bridgehead atoms. The van der Waals surface area contributed by atoms with Crippen LogP contribution in [0.1, 0.15) is 11.5 Å². The van der Waals surface area contributed by atoms with E-state index < -0.39 is 0 Å². The van der Waals surface area contributed by atoms with Crippen LogP contribution < -0.4 is 10.5 Å². The van der Waals surface area contributed by atoms with Crippen molar-refractivity contribution in [2.45, 2.75) is 13.8 Å². The molecular formula is C12H12ClN3O. The van der Waals surface area contributed by atoms with Gasteiger partial charge in [-0.3, -0.25) is 0 Å². The molecular weight excluding hydrogens is 238 g/mol. The first kappa shape index (κ1) is 11.7. The van der Waals surface area contributed by atoms with Crippen molar-refractivity contribution in [1.29, 1.82) is 0 Å². The summed E-state index contributed by atoms with van der Waals surface area (Å²) in [4.78, 5) is 8.34. The molecule has 1 aromatic heterocycles. The van der Waals surface area contributed by atoms with Crippen molar-refractivity contribution in [1.82, 2.24) is 9.97 Å². The second-order valence-electron chi connectivity index (χ2n) is 3.68. The topological polar surface area (TPSA) is 61.0 Å². The van der Waals surface area contributed by atoms with Crippen molar-refractivity contribution in [2.24, 2.45) is 0 Å². The number of hydrogen-bond donors (Lipinski definition) is 1. The standard InChI is InChI=1S/C12H12ClN3O/c1-7-5-12(16-8(2)15-7)17-9-3-4-11(14)10(13)6-9/h3-6H,14H2,1-2H3. The molecule has 1 aromatic carbocycles. The van der Waals surface area contributed by atoms with Gasteiger partial charge in [-0.05, 0) is 26.0 Å². The predicted octanol–water partition coefficient (Wildman–Crippen LogP) is 3.12. The molecule has 0 saturated heterocycles. The molecule has 2 aromatic rings. The molecule has 0 fully saturated rings. The molecule has 0 aliphatic heterocycles. The minimum Gasteiger partial charge on any atom is -0.439 e. The average Bonchev–Trinajstić information content (AvgIpc) is 2.22.